The molecule has 0 radical (unpaired) electrons. The molecule has 0 aliphatic carbocycles. The maximum Gasteiger partial charge on any atom is 0.132 e. The van der Waals surface area contributed by atoms with Crippen LogP contribution in [-0.2, 0) is 0 Å². The minimum absolute atomic E-state index is 0.819. The fraction of sp³-hybridized carbons (Fsp3) is 0.278. The van der Waals surface area contributed by atoms with Gasteiger partial charge in [0.05, 0.1) is 5.52 Å². The van der Waals surface area contributed by atoms with Crippen LogP contribution >= 0.6 is 15.9 Å². The first-order valence-electron chi connectivity index (χ1n) is 8.04. The summed E-state index contributed by atoms with van der Waals surface area (Å²) in [6.07, 6.45) is 3.73. The monoisotopic (exact) mass is 383 g/mol. The molecule has 2 aromatic heterocycles. The van der Waals surface area contributed by atoms with E-state index in [-0.39, 0.29) is 0 Å². The minimum Gasteiger partial charge on any atom is -0.367 e. The maximum absolute atomic E-state index is 4.54. The molecule has 1 aliphatic heterocycles. The van der Waals surface area contributed by atoms with Gasteiger partial charge in [-0.15, -0.1) is 0 Å². The number of halogens is 1. The molecule has 0 unspecified atom stereocenters. The molecule has 4 rings (SSSR count). The molecule has 5 nitrogen and oxygen atoms in total. The molecule has 1 aliphatic rings. The molecule has 0 N–H and O–H groups in total. The lowest BCUT2D eigenvalue weighted by molar-refractivity contribution is 0.647. The van der Waals surface area contributed by atoms with Crippen molar-refractivity contribution in [3.05, 3.63) is 53.0 Å². The topological polar surface area (TPSA) is 45.2 Å². The fourth-order valence-corrected chi connectivity index (χ4v) is 3.54. The number of benzene rings is 1. The van der Waals surface area contributed by atoms with Gasteiger partial charge >= 0.3 is 0 Å². The molecule has 1 aromatic carbocycles. The Morgan fingerprint density at radius 2 is 1.67 bits per heavy atom. The van der Waals surface area contributed by atoms with Gasteiger partial charge in [0.25, 0.3) is 0 Å². The van der Waals surface area contributed by atoms with Crippen LogP contribution in [0.3, 0.4) is 0 Å². The van der Waals surface area contributed by atoms with E-state index in [9.17, 15) is 0 Å². The SMILES string of the molecule is Cc1nccc(N2CCN(c3ccnc4ccc(Br)cc34)CC2)n1. The van der Waals surface area contributed by atoms with Gasteiger partial charge in [-0.1, -0.05) is 15.9 Å². The van der Waals surface area contributed by atoms with Crippen LogP contribution in [0.1, 0.15) is 5.82 Å². The van der Waals surface area contributed by atoms with Crippen molar-refractivity contribution in [1.82, 2.24) is 15.0 Å². The van der Waals surface area contributed by atoms with Gasteiger partial charge in [0.2, 0.25) is 0 Å². The Kier molecular flexibility index (Phi) is 4.06. The minimum atomic E-state index is 0.819. The van der Waals surface area contributed by atoms with Gasteiger partial charge in [-0.2, -0.15) is 0 Å². The predicted octanol–water partition coefficient (Wildman–Crippen LogP) is 3.42. The molecule has 0 saturated carbocycles. The lowest BCUT2D eigenvalue weighted by Crippen LogP contribution is -2.47. The van der Waals surface area contributed by atoms with Crippen LogP contribution in [0.4, 0.5) is 11.5 Å². The van der Waals surface area contributed by atoms with E-state index < -0.39 is 0 Å². The van der Waals surface area contributed by atoms with E-state index in [0.717, 1.165) is 47.8 Å². The van der Waals surface area contributed by atoms with Gasteiger partial charge in [-0.3, -0.25) is 4.98 Å². The van der Waals surface area contributed by atoms with E-state index in [1.54, 1.807) is 0 Å². The van der Waals surface area contributed by atoms with Gasteiger partial charge in [-0.05, 0) is 37.3 Å². The van der Waals surface area contributed by atoms with Crippen LogP contribution in [0, 0.1) is 6.92 Å². The lowest BCUT2D eigenvalue weighted by atomic mass is 10.1. The Labute approximate surface area is 149 Å². The molecule has 122 valence electrons. The molecular weight excluding hydrogens is 366 g/mol. The number of pyridine rings is 1. The Morgan fingerprint density at radius 1 is 0.917 bits per heavy atom. The number of hydrogen-bond donors (Lipinski definition) is 0. The number of nitrogens with zero attached hydrogens (tertiary/aromatic N) is 5. The number of aryl methyl sites for hydroxylation is 1. The van der Waals surface area contributed by atoms with Gasteiger partial charge in [0.1, 0.15) is 11.6 Å². The number of anilines is 2. The second-order valence-corrected chi connectivity index (χ2v) is 6.84. The number of aromatic nitrogens is 3. The van der Waals surface area contributed by atoms with E-state index in [2.05, 4.69) is 58.9 Å². The molecule has 24 heavy (non-hydrogen) atoms. The van der Waals surface area contributed by atoms with Crippen LogP contribution in [0.15, 0.2) is 47.2 Å². The van der Waals surface area contributed by atoms with E-state index in [1.165, 1.54) is 11.1 Å². The standard InChI is InChI=1S/C18H18BrN5/c1-13-20-7-5-18(22-13)24-10-8-23(9-11-24)17-4-6-21-16-3-2-14(19)12-15(16)17/h2-7,12H,8-11H2,1H3. The normalized spacial score (nSPS) is 15.1. The molecular formula is C18H18BrN5. The average Bonchev–Trinajstić information content (AvgIpc) is 2.61. The summed E-state index contributed by atoms with van der Waals surface area (Å²) in [4.78, 5) is 17.9. The van der Waals surface area contributed by atoms with Crippen molar-refractivity contribution in [2.45, 2.75) is 6.92 Å². The Balaban J connectivity index is 1.57. The van der Waals surface area contributed by atoms with Crippen molar-refractivity contribution < 1.29 is 0 Å². The van der Waals surface area contributed by atoms with Crippen molar-refractivity contribution in [3.8, 4) is 0 Å². The molecule has 0 spiro atoms. The Hall–Kier alpha value is -2.21. The van der Waals surface area contributed by atoms with Gasteiger partial charge in [0, 0.05) is 54.1 Å². The fourth-order valence-electron chi connectivity index (χ4n) is 3.18. The summed E-state index contributed by atoms with van der Waals surface area (Å²) in [5.41, 5.74) is 2.28. The molecule has 1 saturated heterocycles. The Bertz CT molecular complexity index is 874. The van der Waals surface area contributed by atoms with E-state index >= 15 is 0 Å². The number of rotatable bonds is 2. The third-order valence-electron chi connectivity index (χ3n) is 4.39. The summed E-state index contributed by atoms with van der Waals surface area (Å²) < 4.78 is 1.08. The van der Waals surface area contributed by atoms with Gasteiger partial charge in [-0.25, -0.2) is 9.97 Å². The van der Waals surface area contributed by atoms with E-state index in [4.69, 9.17) is 0 Å². The molecule has 3 heterocycles. The summed E-state index contributed by atoms with van der Waals surface area (Å²) in [5.74, 6) is 1.84. The van der Waals surface area contributed by atoms with Crippen molar-refractivity contribution in [3.63, 3.8) is 0 Å². The Morgan fingerprint density at radius 3 is 2.46 bits per heavy atom. The van der Waals surface area contributed by atoms with E-state index in [1.807, 2.05) is 31.5 Å². The highest BCUT2D eigenvalue weighted by atomic mass is 79.9. The van der Waals surface area contributed by atoms with Gasteiger partial charge in [0.15, 0.2) is 0 Å². The lowest BCUT2D eigenvalue weighted by Gasteiger charge is -2.37. The number of hydrogen-bond acceptors (Lipinski definition) is 5. The number of piperazine rings is 1. The van der Waals surface area contributed by atoms with Crippen LogP contribution in [-0.4, -0.2) is 41.1 Å². The van der Waals surface area contributed by atoms with E-state index in [0.29, 0.717) is 0 Å². The third-order valence-corrected chi connectivity index (χ3v) is 4.88. The van der Waals surface area contributed by atoms with Gasteiger partial charge < -0.3 is 9.80 Å². The van der Waals surface area contributed by atoms with Crippen LogP contribution in [0.5, 0.6) is 0 Å². The summed E-state index contributed by atoms with van der Waals surface area (Å²) in [7, 11) is 0. The van der Waals surface area contributed by atoms with Crippen molar-refractivity contribution in [1.29, 1.82) is 0 Å². The van der Waals surface area contributed by atoms with Crippen LogP contribution in [0.2, 0.25) is 0 Å². The summed E-state index contributed by atoms with van der Waals surface area (Å²) in [5, 5.41) is 1.19. The van der Waals surface area contributed by atoms with Crippen LogP contribution < -0.4 is 9.80 Å². The first kappa shape index (κ1) is 15.3. The number of fused-ring (bicyclic) bond motifs is 1. The molecule has 3 aromatic rings. The smallest absolute Gasteiger partial charge is 0.132 e. The molecule has 0 amide bonds. The molecule has 0 bridgehead atoms. The molecule has 6 heteroatoms. The van der Waals surface area contributed by atoms with Crippen molar-refractivity contribution >= 4 is 38.3 Å². The zero-order valence-corrected chi connectivity index (χ0v) is 15.1. The molecule has 1 fully saturated rings. The predicted molar refractivity (Wildman–Crippen MR) is 101 cm³/mol. The third kappa shape index (κ3) is 2.94. The molecule has 0 atom stereocenters. The zero-order valence-electron chi connectivity index (χ0n) is 13.5. The first-order valence-corrected chi connectivity index (χ1v) is 8.84. The summed E-state index contributed by atoms with van der Waals surface area (Å²) >= 11 is 3.57. The maximum atomic E-state index is 4.54. The largest absolute Gasteiger partial charge is 0.367 e. The summed E-state index contributed by atoms with van der Waals surface area (Å²) in [6.45, 7) is 5.77. The quantitative estimate of drug-likeness (QED) is 0.678. The highest BCUT2D eigenvalue weighted by Gasteiger charge is 2.20. The zero-order chi connectivity index (χ0) is 16.5. The van der Waals surface area contributed by atoms with Crippen molar-refractivity contribution in [2.24, 2.45) is 0 Å². The summed E-state index contributed by atoms with van der Waals surface area (Å²) in [6, 6.07) is 10.3. The average molecular weight is 384 g/mol. The second-order valence-electron chi connectivity index (χ2n) is 5.93. The highest BCUT2D eigenvalue weighted by Crippen LogP contribution is 2.29. The first-order chi connectivity index (χ1) is 11.7. The highest BCUT2D eigenvalue weighted by molar-refractivity contribution is 9.10. The van der Waals surface area contributed by atoms with Crippen molar-refractivity contribution in [2.75, 3.05) is 36.0 Å². The van der Waals surface area contributed by atoms with Crippen LogP contribution in [0.25, 0.3) is 10.9 Å². The second kappa shape index (κ2) is 6.36.